The Bertz CT molecular complexity index is 1170. The average Bonchev–Trinajstić information content (AvgIpc) is 2.84. The summed E-state index contributed by atoms with van der Waals surface area (Å²) in [5.41, 5.74) is 11.0. The van der Waals surface area contributed by atoms with Crippen molar-refractivity contribution in [1.29, 1.82) is 0 Å². The first-order chi connectivity index (χ1) is 16.9. The van der Waals surface area contributed by atoms with Crippen LogP contribution in [0, 0.1) is 0 Å². The number of benzene rings is 2. The molecule has 188 valence electrons. The summed E-state index contributed by atoms with van der Waals surface area (Å²) in [5.74, 6) is 0.815. The molecule has 1 atom stereocenters. The van der Waals surface area contributed by atoms with Gasteiger partial charge in [-0.25, -0.2) is 0 Å². The van der Waals surface area contributed by atoms with Crippen LogP contribution in [-0.4, -0.2) is 41.9 Å². The van der Waals surface area contributed by atoms with E-state index in [1.54, 1.807) is 6.20 Å². The zero-order valence-electron chi connectivity index (χ0n) is 21.0. The first kappa shape index (κ1) is 26.2. The van der Waals surface area contributed by atoms with Crippen LogP contribution in [0.25, 0.3) is 10.9 Å². The Labute approximate surface area is 206 Å². The van der Waals surface area contributed by atoms with E-state index in [9.17, 15) is 9.90 Å². The van der Waals surface area contributed by atoms with Gasteiger partial charge in [-0.15, -0.1) is 0 Å². The fraction of sp³-hybridized carbons (Fsp3) is 0.407. The van der Waals surface area contributed by atoms with Crippen molar-refractivity contribution in [3.63, 3.8) is 0 Å². The van der Waals surface area contributed by atoms with Crippen LogP contribution in [0.15, 0.2) is 36.5 Å². The number of aliphatic hydroxyl groups excluding tert-OH is 1. The second kappa shape index (κ2) is 12.4. The van der Waals surface area contributed by atoms with Gasteiger partial charge in [-0.2, -0.15) is 0 Å². The van der Waals surface area contributed by atoms with Crippen molar-refractivity contribution in [1.82, 2.24) is 10.3 Å². The van der Waals surface area contributed by atoms with Gasteiger partial charge in [-0.05, 0) is 50.5 Å². The monoisotopic (exact) mass is 480 g/mol. The highest BCUT2D eigenvalue weighted by Crippen LogP contribution is 2.38. The summed E-state index contributed by atoms with van der Waals surface area (Å²) in [7, 11) is 0. The third-order valence-electron chi connectivity index (χ3n) is 5.78. The van der Waals surface area contributed by atoms with E-state index in [2.05, 4.69) is 28.6 Å². The molecule has 0 spiro atoms. The molecule has 2 aromatic carbocycles. The quantitative estimate of drug-likeness (QED) is 0.293. The molecule has 0 fully saturated rings. The molecule has 1 heterocycles. The van der Waals surface area contributed by atoms with Crippen molar-refractivity contribution in [3.8, 4) is 11.5 Å². The maximum atomic E-state index is 11.9. The number of aromatic nitrogens is 1. The molecule has 0 aliphatic heterocycles. The summed E-state index contributed by atoms with van der Waals surface area (Å²) in [6.45, 7) is 9.60. The minimum atomic E-state index is -0.433. The minimum absolute atomic E-state index is 0.000783. The van der Waals surface area contributed by atoms with Crippen LogP contribution in [0.2, 0.25) is 0 Å². The van der Waals surface area contributed by atoms with Gasteiger partial charge in [0, 0.05) is 41.5 Å². The first-order valence-corrected chi connectivity index (χ1v) is 12.1. The lowest BCUT2D eigenvalue weighted by atomic mass is 10.0. The van der Waals surface area contributed by atoms with Crippen molar-refractivity contribution < 1.29 is 19.4 Å². The lowest BCUT2D eigenvalue weighted by Gasteiger charge is -2.20. The molecule has 1 amide bonds. The van der Waals surface area contributed by atoms with Crippen LogP contribution in [0.3, 0.4) is 0 Å². The van der Waals surface area contributed by atoms with Gasteiger partial charge >= 0.3 is 0 Å². The summed E-state index contributed by atoms with van der Waals surface area (Å²) in [6, 6.07) is 9.87. The standard InChI is InChI=1S/C27H36N4O4/c1-5-20-18(14-29-17(4)16-32)9-8-10-22(20)31-27-19(11-26(28)33)15-30-23-13-25(35-7-3)24(34-6-2)12-21(23)27/h8-10,12-13,15,17,29,32H,5-7,11,14,16H2,1-4H3,(H2,28,33)(H,30,31). The normalized spacial score (nSPS) is 11.9. The molecule has 1 unspecified atom stereocenters. The summed E-state index contributed by atoms with van der Waals surface area (Å²) in [4.78, 5) is 16.4. The number of nitrogens with zero attached hydrogens (tertiary/aromatic N) is 1. The molecule has 8 heteroatoms. The lowest BCUT2D eigenvalue weighted by molar-refractivity contribution is -0.117. The number of anilines is 2. The molecule has 35 heavy (non-hydrogen) atoms. The predicted octanol–water partition coefficient (Wildman–Crippen LogP) is 3.84. The van der Waals surface area contributed by atoms with Crippen molar-refractivity contribution >= 4 is 28.2 Å². The van der Waals surface area contributed by atoms with Crippen LogP contribution < -0.4 is 25.8 Å². The number of rotatable bonds is 13. The van der Waals surface area contributed by atoms with Crippen molar-refractivity contribution in [2.75, 3.05) is 25.1 Å². The highest BCUT2D eigenvalue weighted by atomic mass is 16.5. The number of aliphatic hydroxyl groups is 1. The van der Waals surface area contributed by atoms with E-state index < -0.39 is 5.91 Å². The number of carbonyl (C=O) groups is 1. The number of pyridine rings is 1. The van der Waals surface area contributed by atoms with Gasteiger partial charge in [-0.3, -0.25) is 9.78 Å². The zero-order valence-corrected chi connectivity index (χ0v) is 21.0. The van der Waals surface area contributed by atoms with Crippen molar-refractivity contribution in [2.24, 2.45) is 5.73 Å². The molecular weight excluding hydrogens is 444 g/mol. The van der Waals surface area contributed by atoms with E-state index in [0.29, 0.717) is 36.8 Å². The van der Waals surface area contributed by atoms with Crippen molar-refractivity contribution in [2.45, 2.75) is 53.1 Å². The Morgan fingerprint density at radius 1 is 1.11 bits per heavy atom. The van der Waals surface area contributed by atoms with Gasteiger partial charge in [-0.1, -0.05) is 19.1 Å². The zero-order chi connectivity index (χ0) is 25.4. The lowest BCUT2D eigenvalue weighted by Crippen LogP contribution is -2.29. The highest BCUT2D eigenvalue weighted by molar-refractivity contribution is 5.98. The van der Waals surface area contributed by atoms with Gasteiger partial charge in [0.15, 0.2) is 11.5 Å². The first-order valence-electron chi connectivity index (χ1n) is 12.1. The van der Waals surface area contributed by atoms with E-state index in [1.165, 1.54) is 0 Å². The minimum Gasteiger partial charge on any atom is -0.490 e. The molecule has 0 saturated heterocycles. The van der Waals surface area contributed by atoms with Gasteiger partial charge < -0.3 is 30.9 Å². The number of hydrogen-bond donors (Lipinski definition) is 4. The largest absolute Gasteiger partial charge is 0.490 e. The number of ether oxygens (including phenoxy) is 2. The number of nitrogens with two attached hydrogens (primary N) is 1. The van der Waals surface area contributed by atoms with Crippen LogP contribution >= 0.6 is 0 Å². The van der Waals surface area contributed by atoms with Gasteiger partial charge in [0.05, 0.1) is 37.4 Å². The molecule has 0 aliphatic rings. The van der Waals surface area contributed by atoms with E-state index in [-0.39, 0.29) is 19.1 Å². The summed E-state index contributed by atoms with van der Waals surface area (Å²) < 4.78 is 11.6. The Balaban J connectivity index is 2.14. The summed E-state index contributed by atoms with van der Waals surface area (Å²) >= 11 is 0. The summed E-state index contributed by atoms with van der Waals surface area (Å²) in [5, 5.41) is 17.1. The number of primary amides is 1. The molecule has 0 radical (unpaired) electrons. The second-order valence-electron chi connectivity index (χ2n) is 8.37. The third-order valence-corrected chi connectivity index (χ3v) is 5.78. The molecule has 0 bridgehead atoms. The Morgan fingerprint density at radius 3 is 2.46 bits per heavy atom. The van der Waals surface area contributed by atoms with E-state index in [1.807, 2.05) is 45.0 Å². The second-order valence-corrected chi connectivity index (χ2v) is 8.37. The Morgan fingerprint density at radius 2 is 1.83 bits per heavy atom. The molecular formula is C27H36N4O4. The number of carbonyl (C=O) groups excluding carboxylic acids is 1. The average molecular weight is 481 g/mol. The van der Waals surface area contributed by atoms with Crippen LogP contribution in [0.5, 0.6) is 11.5 Å². The molecule has 8 nitrogen and oxygen atoms in total. The van der Waals surface area contributed by atoms with Crippen LogP contribution in [0.4, 0.5) is 11.4 Å². The highest BCUT2D eigenvalue weighted by Gasteiger charge is 2.17. The molecule has 3 aromatic rings. The number of fused-ring (bicyclic) bond motifs is 1. The number of amides is 1. The molecule has 1 aromatic heterocycles. The number of hydrogen-bond acceptors (Lipinski definition) is 7. The SMILES string of the molecule is CCOc1cc2ncc(CC(N)=O)c(Nc3cccc(CNC(C)CO)c3CC)c2cc1OCC. The molecule has 5 N–H and O–H groups in total. The van der Waals surface area contributed by atoms with Gasteiger partial charge in [0.1, 0.15) is 0 Å². The van der Waals surface area contributed by atoms with Gasteiger partial charge in [0.25, 0.3) is 0 Å². The Hall–Kier alpha value is -3.36. The van der Waals surface area contributed by atoms with E-state index in [0.717, 1.165) is 39.8 Å². The van der Waals surface area contributed by atoms with E-state index >= 15 is 0 Å². The van der Waals surface area contributed by atoms with Crippen LogP contribution in [0.1, 0.15) is 44.4 Å². The smallest absolute Gasteiger partial charge is 0.221 e. The van der Waals surface area contributed by atoms with Crippen molar-refractivity contribution in [3.05, 3.63) is 53.2 Å². The third kappa shape index (κ3) is 6.41. The van der Waals surface area contributed by atoms with Crippen LogP contribution in [-0.2, 0) is 24.2 Å². The Kier molecular flexibility index (Phi) is 9.28. The van der Waals surface area contributed by atoms with Gasteiger partial charge in [0.2, 0.25) is 5.91 Å². The fourth-order valence-electron chi connectivity index (χ4n) is 4.07. The molecule has 0 saturated carbocycles. The fourth-order valence-corrected chi connectivity index (χ4v) is 4.07. The summed E-state index contributed by atoms with van der Waals surface area (Å²) in [6.07, 6.45) is 2.55. The topological polar surface area (TPSA) is 119 Å². The van der Waals surface area contributed by atoms with E-state index in [4.69, 9.17) is 15.2 Å². The molecule has 3 rings (SSSR count). The molecule has 0 aliphatic carbocycles. The maximum absolute atomic E-state index is 11.9. The number of nitrogens with one attached hydrogen (secondary N) is 2. The maximum Gasteiger partial charge on any atom is 0.221 e. The predicted molar refractivity (Wildman–Crippen MR) is 139 cm³/mol.